The van der Waals surface area contributed by atoms with Crippen LogP contribution in [0.25, 0.3) is 11.3 Å². The quantitative estimate of drug-likeness (QED) is 0.879. The predicted octanol–water partition coefficient (Wildman–Crippen LogP) is 3.44. The first-order chi connectivity index (χ1) is 12.1. The molecule has 2 bridgehead atoms. The van der Waals surface area contributed by atoms with E-state index in [2.05, 4.69) is 10.3 Å². The molecular formula is C19H23N3O2S. The van der Waals surface area contributed by atoms with E-state index >= 15 is 0 Å². The Balaban J connectivity index is 1.51. The third-order valence-corrected chi connectivity index (χ3v) is 6.56. The molecule has 1 aromatic heterocycles. The van der Waals surface area contributed by atoms with Gasteiger partial charge in [-0.1, -0.05) is 0 Å². The number of fused-ring (bicyclic) bond motifs is 2. The molecule has 2 aromatic rings. The number of aryl methyl sites for hydroxylation is 1. The lowest BCUT2D eigenvalue weighted by molar-refractivity contribution is -0.121. The lowest BCUT2D eigenvalue weighted by Gasteiger charge is -2.26. The van der Waals surface area contributed by atoms with Crippen LogP contribution in [0, 0.1) is 24.7 Å². The van der Waals surface area contributed by atoms with E-state index in [1.54, 1.807) is 7.11 Å². The third kappa shape index (κ3) is 2.93. The number of rotatable bonds is 4. The topological polar surface area (TPSA) is 77.2 Å². The molecule has 1 heterocycles. The number of benzene rings is 1. The molecule has 1 amide bonds. The number of nitrogens with zero attached hydrogens (tertiary/aromatic N) is 1. The Morgan fingerprint density at radius 1 is 1.28 bits per heavy atom. The van der Waals surface area contributed by atoms with Gasteiger partial charge in [-0.25, -0.2) is 4.98 Å². The summed E-state index contributed by atoms with van der Waals surface area (Å²) >= 11 is 1.51. The molecule has 0 radical (unpaired) electrons. The number of methoxy groups -OCH3 is 1. The summed E-state index contributed by atoms with van der Waals surface area (Å²) in [5, 5.41) is 3.67. The summed E-state index contributed by atoms with van der Waals surface area (Å²) in [6, 6.07) is 7.80. The summed E-state index contributed by atoms with van der Waals surface area (Å²) in [5.41, 5.74) is 8.21. The molecular weight excluding hydrogens is 334 g/mol. The molecule has 2 aliphatic carbocycles. The summed E-state index contributed by atoms with van der Waals surface area (Å²) in [7, 11) is 1.65. The summed E-state index contributed by atoms with van der Waals surface area (Å²) in [4.78, 5) is 18.4. The number of hydrogen-bond donors (Lipinski definition) is 2. The van der Waals surface area contributed by atoms with Crippen LogP contribution in [0.15, 0.2) is 24.3 Å². The van der Waals surface area contributed by atoms with E-state index in [0.29, 0.717) is 17.0 Å². The largest absolute Gasteiger partial charge is 0.497 e. The highest BCUT2D eigenvalue weighted by Gasteiger charge is 2.49. The molecule has 0 aliphatic heterocycles. The van der Waals surface area contributed by atoms with Gasteiger partial charge in [0.25, 0.3) is 0 Å². The van der Waals surface area contributed by atoms with Crippen molar-refractivity contribution in [3.8, 4) is 17.0 Å². The van der Waals surface area contributed by atoms with Crippen LogP contribution in [0.3, 0.4) is 0 Å². The van der Waals surface area contributed by atoms with E-state index in [9.17, 15) is 4.79 Å². The number of anilines is 1. The Hall–Kier alpha value is -1.92. The van der Waals surface area contributed by atoms with Crippen LogP contribution in [0.1, 0.15) is 24.1 Å². The molecule has 0 saturated heterocycles. The Morgan fingerprint density at radius 2 is 2.00 bits per heavy atom. The molecule has 2 saturated carbocycles. The molecule has 6 heteroatoms. The lowest BCUT2D eigenvalue weighted by Crippen LogP contribution is -2.42. The number of nitrogens with two attached hydrogens (primary N) is 1. The predicted molar refractivity (Wildman–Crippen MR) is 99.8 cm³/mol. The van der Waals surface area contributed by atoms with E-state index in [1.807, 2.05) is 31.2 Å². The molecule has 3 N–H and O–H groups in total. The number of nitrogens with one attached hydrogen (secondary N) is 1. The third-order valence-electron chi connectivity index (χ3n) is 5.67. The molecule has 25 heavy (non-hydrogen) atoms. The SMILES string of the molecule is COc1ccc(-c2nc(NC(=O)C3C4CCC(C4)C3N)sc2C)cc1. The molecule has 0 spiro atoms. The highest BCUT2D eigenvalue weighted by atomic mass is 32.1. The number of ether oxygens (including phenoxy) is 1. The van der Waals surface area contributed by atoms with Crippen molar-refractivity contribution in [2.24, 2.45) is 23.5 Å². The summed E-state index contributed by atoms with van der Waals surface area (Å²) in [6.45, 7) is 2.02. The minimum Gasteiger partial charge on any atom is -0.497 e. The molecule has 1 aromatic carbocycles. The Morgan fingerprint density at radius 3 is 2.64 bits per heavy atom. The second-order valence-corrected chi connectivity index (χ2v) is 8.28. The van der Waals surface area contributed by atoms with E-state index < -0.39 is 0 Å². The van der Waals surface area contributed by atoms with Crippen LogP contribution in [-0.4, -0.2) is 24.0 Å². The molecule has 2 aliphatic rings. The zero-order valence-electron chi connectivity index (χ0n) is 14.5. The number of carbonyl (C=O) groups is 1. The zero-order chi connectivity index (χ0) is 17.6. The van der Waals surface area contributed by atoms with Gasteiger partial charge in [0.1, 0.15) is 5.75 Å². The standard InChI is InChI=1S/C19H23N3O2S/c1-10-17(11-5-7-14(24-2)8-6-11)21-19(25-10)22-18(23)15-12-3-4-13(9-12)16(15)20/h5-8,12-13,15-16H,3-4,9,20H2,1-2H3,(H,21,22,23). The fraction of sp³-hybridized carbons (Fsp3) is 0.474. The van der Waals surface area contributed by atoms with E-state index in [4.69, 9.17) is 10.5 Å². The highest BCUT2D eigenvalue weighted by molar-refractivity contribution is 7.16. The van der Waals surface area contributed by atoms with Crippen LogP contribution in [0.4, 0.5) is 5.13 Å². The van der Waals surface area contributed by atoms with Gasteiger partial charge in [0, 0.05) is 16.5 Å². The first-order valence-corrected chi connectivity index (χ1v) is 9.56. The van der Waals surface area contributed by atoms with Crippen molar-refractivity contribution in [2.75, 3.05) is 12.4 Å². The number of carbonyl (C=O) groups excluding carboxylic acids is 1. The molecule has 4 rings (SSSR count). The van der Waals surface area contributed by atoms with Crippen LogP contribution in [-0.2, 0) is 4.79 Å². The normalized spacial score (nSPS) is 27.5. The average Bonchev–Trinajstić information content (AvgIpc) is 3.29. The molecule has 4 unspecified atom stereocenters. The fourth-order valence-corrected chi connectivity index (χ4v) is 5.22. The Labute approximate surface area is 151 Å². The minimum absolute atomic E-state index is 0.000804. The van der Waals surface area contributed by atoms with Crippen molar-refractivity contribution in [1.82, 2.24) is 4.98 Å². The maximum atomic E-state index is 12.7. The van der Waals surface area contributed by atoms with Crippen molar-refractivity contribution in [1.29, 1.82) is 0 Å². The van der Waals surface area contributed by atoms with Gasteiger partial charge >= 0.3 is 0 Å². The summed E-state index contributed by atoms with van der Waals surface area (Å²) in [6.07, 6.45) is 3.41. The molecule has 2 fully saturated rings. The fourth-order valence-electron chi connectivity index (χ4n) is 4.38. The van der Waals surface area contributed by atoms with Gasteiger partial charge in [0.2, 0.25) is 5.91 Å². The van der Waals surface area contributed by atoms with Crippen molar-refractivity contribution in [3.63, 3.8) is 0 Å². The minimum atomic E-state index is -0.0626. The monoisotopic (exact) mass is 357 g/mol. The number of hydrogen-bond acceptors (Lipinski definition) is 5. The number of aromatic nitrogens is 1. The summed E-state index contributed by atoms with van der Waals surface area (Å²) in [5.74, 6) is 1.76. The molecule has 5 nitrogen and oxygen atoms in total. The first kappa shape index (κ1) is 16.5. The first-order valence-electron chi connectivity index (χ1n) is 8.75. The Kier molecular flexibility index (Phi) is 4.25. The van der Waals surface area contributed by atoms with Crippen LogP contribution >= 0.6 is 11.3 Å². The van der Waals surface area contributed by atoms with Crippen molar-refractivity contribution in [2.45, 2.75) is 32.2 Å². The zero-order valence-corrected chi connectivity index (χ0v) is 15.3. The van der Waals surface area contributed by atoms with Crippen LogP contribution < -0.4 is 15.8 Å². The highest BCUT2D eigenvalue weighted by Crippen LogP contribution is 2.48. The van der Waals surface area contributed by atoms with Crippen LogP contribution in [0.5, 0.6) is 5.75 Å². The van der Waals surface area contributed by atoms with Gasteiger partial charge in [0.15, 0.2) is 5.13 Å². The van der Waals surface area contributed by atoms with Crippen LogP contribution in [0.2, 0.25) is 0 Å². The van der Waals surface area contributed by atoms with E-state index in [1.165, 1.54) is 17.8 Å². The number of amides is 1. The second kappa shape index (κ2) is 6.42. The Bertz CT molecular complexity index is 784. The van der Waals surface area contributed by atoms with E-state index in [-0.39, 0.29) is 17.9 Å². The van der Waals surface area contributed by atoms with Gasteiger partial charge in [-0.15, -0.1) is 11.3 Å². The van der Waals surface area contributed by atoms with Gasteiger partial charge in [-0.05, 0) is 62.3 Å². The number of thiazole rings is 1. The van der Waals surface area contributed by atoms with Crippen molar-refractivity contribution < 1.29 is 9.53 Å². The summed E-state index contributed by atoms with van der Waals surface area (Å²) < 4.78 is 5.20. The van der Waals surface area contributed by atoms with Gasteiger partial charge < -0.3 is 15.8 Å². The molecule has 132 valence electrons. The van der Waals surface area contributed by atoms with Gasteiger partial charge in [-0.3, -0.25) is 4.79 Å². The van der Waals surface area contributed by atoms with Crippen molar-refractivity contribution in [3.05, 3.63) is 29.1 Å². The molecule has 4 atom stereocenters. The van der Waals surface area contributed by atoms with Gasteiger partial charge in [0.05, 0.1) is 18.7 Å². The van der Waals surface area contributed by atoms with Gasteiger partial charge in [-0.2, -0.15) is 0 Å². The maximum Gasteiger partial charge on any atom is 0.231 e. The van der Waals surface area contributed by atoms with Crippen molar-refractivity contribution >= 4 is 22.4 Å². The average molecular weight is 357 g/mol. The lowest BCUT2D eigenvalue weighted by atomic mass is 9.84. The van der Waals surface area contributed by atoms with E-state index in [0.717, 1.165) is 34.7 Å². The second-order valence-electron chi connectivity index (χ2n) is 7.08. The maximum absolute atomic E-state index is 12.7. The smallest absolute Gasteiger partial charge is 0.231 e.